The van der Waals surface area contributed by atoms with E-state index in [1.165, 1.54) is 12.1 Å². The molecule has 7 heteroatoms. The summed E-state index contributed by atoms with van der Waals surface area (Å²) in [5.41, 5.74) is 10.5. The molecule has 1 aromatic heterocycles. The Morgan fingerprint density at radius 2 is 2.06 bits per heavy atom. The van der Waals surface area contributed by atoms with Gasteiger partial charge in [0.15, 0.2) is 11.4 Å². The highest BCUT2D eigenvalue weighted by Crippen LogP contribution is 2.33. The maximum Gasteiger partial charge on any atom is 0.277 e. The number of phenolic OH excluding ortho intramolecular Hbond substituents is 1. The Morgan fingerprint density at radius 3 is 2.82 bits per heavy atom. The molecule has 0 radical (unpaired) electrons. The van der Waals surface area contributed by atoms with Crippen LogP contribution in [0.5, 0.6) is 17.4 Å². The van der Waals surface area contributed by atoms with Gasteiger partial charge in [-0.3, -0.25) is 4.79 Å². The first-order valence-electron chi connectivity index (χ1n) is 4.68. The Balaban J connectivity index is 2.42. The largest absolute Gasteiger partial charge is 0.506 e. The number of hydrogen-bond donors (Lipinski definition) is 4. The fourth-order valence-corrected chi connectivity index (χ4v) is 1.20. The first-order chi connectivity index (χ1) is 8.09. The molecule has 0 saturated carbocycles. The van der Waals surface area contributed by atoms with E-state index in [0.717, 1.165) is 6.33 Å². The molecule has 17 heavy (non-hydrogen) atoms. The molecule has 88 valence electrons. The van der Waals surface area contributed by atoms with Crippen molar-refractivity contribution in [2.45, 2.75) is 0 Å². The number of nitrogen functional groups attached to an aromatic ring is 2. The highest BCUT2D eigenvalue weighted by molar-refractivity contribution is 5.63. The highest BCUT2D eigenvalue weighted by Gasteiger charge is 2.10. The Labute approximate surface area is 95.7 Å². The molecular weight excluding hydrogens is 224 g/mol. The van der Waals surface area contributed by atoms with Crippen molar-refractivity contribution in [1.29, 1.82) is 0 Å². The predicted octanol–water partition coefficient (Wildman–Crippen LogP) is 0.432. The van der Waals surface area contributed by atoms with Gasteiger partial charge in [0.2, 0.25) is 5.88 Å². The summed E-state index contributed by atoms with van der Waals surface area (Å²) in [6.07, 6.45) is 1.16. The number of ether oxygens (including phenoxy) is 1. The second-order valence-electron chi connectivity index (χ2n) is 3.24. The summed E-state index contributed by atoms with van der Waals surface area (Å²) in [7, 11) is 0. The minimum atomic E-state index is -0.506. The van der Waals surface area contributed by atoms with Gasteiger partial charge in [-0.15, -0.1) is 0 Å². The minimum Gasteiger partial charge on any atom is -0.506 e. The van der Waals surface area contributed by atoms with E-state index >= 15 is 0 Å². The molecule has 2 aromatic rings. The van der Waals surface area contributed by atoms with Gasteiger partial charge in [-0.2, -0.15) is 0 Å². The van der Waals surface area contributed by atoms with Crippen molar-refractivity contribution in [2.75, 3.05) is 11.5 Å². The highest BCUT2D eigenvalue weighted by atomic mass is 16.5. The lowest BCUT2D eigenvalue weighted by Gasteiger charge is -2.09. The molecule has 0 spiro atoms. The summed E-state index contributed by atoms with van der Waals surface area (Å²) < 4.78 is 5.26. The third-order valence-corrected chi connectivity index (χ3v) is 2.10. The summed E-state index contributed by atoms with van der Waals surface area (Å²) in [6, 6.07) is 4.48. The van der Waals surface area contributed by atoms with Crippen LogP contribution in [0.4, 0.5) is 11.4 Å². The lowest BCUT2D eigenvalue weighted by Crippen LogP contribution is -2.13. The number of hydrogen-bond acceptors (Lipinski definition) is 6. The second-order valence-corrected chi connectivity index (χ2v) is 3.24. The predicted molar refractivity (Wildman–Crippen MR) is 61.9 cm³/mol. The Hall–Kier alpha value is -2.70. The van der Waals surface area contributed by atoms with Crippen LogP contribution in [0.25, 0.3) is 0 Å². The van der Waals surface area contributed by atoms with Gasteiger partial charge in [-0.1, -0.05) is 6.07 Å². The van der Waals surface area contributed by atoms with E-state index in [1.54, 1.807) is 6.07 Å². The van der Waals surface area contributed by atoms with Crippen molar-refractivity contribution in [3.05, 3.63) is 34.9 Å². The summed E-state index contributed by atoms with van der Waals surface area (Å²) in [5.74, 6) is -0.00763. The number of phenols is 1. The minimum absolute atomic E-state index is 0.0500. The van der Waals surface area contributed by atoms with Crippen LogP contribution in [0, 0.1) is 0 Å². The van der Waals surface area contributed by atoms with E-state index in [2.05, 4.69) is 9.97 Å². The van der Waals surface area contributed by atoms with Crippen LogP contribution in [0.15, 0.2) is 29.3 Å². The molecule has 0 aliphatic carbocycles. The fourth-order valence-electron chi connectivity index (χ4n) is 1.20. The van der Waals surface area contributed by atoms with E-state index in [-0.39, 0.29) is 28.8 Å². The van der Waals surface area contributed by atoms with Crippen LogP contribution in [-0.4, -0.2) is 15.1 Å². The van der Waals surface area contributed by atoms with Crippen LogP contribution < -0.4 is 21.8 Å². The lowest BCUT2D eigenvalue weighted by molar-refractivity contribution is 0.450. The van der Waals surface area contributed by atoms with E-state index in [4.69, 9.17) is 16.2 Å². The van der Waals surface area contributed by atoms with Gasteiger partial charge < -0.3 is 26.3 Å². The van der Waals surface area contributed by atoms with E-state index < -0.39 is 5.56 Å². The summed E-state index contributed by atoms with van der Waals surface area (Å²) in [6.45, 7) is 0. The fraction of sp³-hybridized carbons (Fsp3) is 0. The van der Waals surface area contributed by atoms with Gasteiger partial charge in [-0.05, 0) is 12.1 Å². The Kier molecular flexibility index (Phi) is 2.57. The molecule has 0 bridgehead atoms. The summed E-state index contributed by atoms with van der Waals surface area (Å²) in [5, 5.41) is 9.38. The molecular formula is C10H10N4O3. The number of benzene rings is 1. The normalized spacial score (nSPS) is 10.1. The third kappa shape index (κ3) is 1.98. The number of anilines is 2. The van der Waals surface area contributed by atoms with Crippen molar-refractivity contribution < 1.29 is 9.84 Å². The SMILES string of the molecule is Nc1c(O)cccc1Oc1nc[nH]c(=O)c1N. The Bertz CT molecular complexity index is 609. The van der Waals surface area contributed by atoms with Crippen LogP contribution in [0.3, 0.4) is 0 Å². The number of para-hydroxylation sites is 1. The van der Waals surface area contributed by atoms with Crippen molar-refractivity contribution in [3.63, 3.8) is 0 Å². The lowest BCUT2D eigenvalue weighted by atomic mass is 10.3. The topological polar surface area (TPSA) is 127 Å². The first kappa shape index (κ1) is 10.8. The second kappa shape index (κ2) is 4.05. The van der Waals surface area contributed by atoms with E-state index in [0.29, 0.717) is 0 Å². The van der Waals surface area contributed by atoms with Crippen LogP contribution in [0.1, 0.15) is 0 Å². The zero-order valence-corrected chi connectivity index (χ0v) is 8.68. The monoisotopic (exact) mass is 234 g/mol. The molecule has 0 saturated heterocycles. The number of aromatic nitrogens is 2. The standard InChI is InChI=1S/C10H10N4O3/c11-7-5(15)2-1-3-6(7)17-10-8(12)9(16)13-4-14-10/h1-4,15H,11-12H2,(H,13,14,16). The van der Waals surface area contributed by atoms with Crippen LogP contribution in [0.2, 0.25) is 0 Å². The number of aromatic amines is 1. The number of aromatic hydroxyl groups is 1. The van der Waals surface area contributed by atoms with Crippen molar-refractivity contribution in [3.8, 4) is 17.4 Å². The molecule has 0 aliphatic rings. The summed E-state index contributed by atoms with van der Waals surface area (Å²) >= 11 is 0. The molecule has 0 aliphatic heterocycles. The molecule has 0 atom stereocenters. The maximum absolute atomic E-state index is 11.2. The number of rotatable bonds is 2. The van der Waals surface area contributed by atoms with Crippen molar-refractivity contribution in [1.82, 2.24) is 9.97 Å². The van der Waals surface area contributed by atoms with Crippen LogP contribution >= 0.6 is 0 Å². The zero-order chi connectivity index (χ0) is 12.4. The van der Waals surface area contributed by atoms with Gasteiger partial charge in [0.25, 0.3) is 5.56 Å². The molecule has 0 unspecified atom stereocenters. The quantitative estimate of drug-likeness (QED) is 0.440. The smallest absolute Gasteiger partial charge is 0.277 e. The molecule has 1 heterocycles. The average molecular weight is 234 g/mol. The maximum atomic E-state index is 11.2. The first-order valence-corrected chi connectivity index (χ1v) is 4.68. The Morgan fingerprint density at radius 1 is 1.29 bits per heavy atom. The molecule has 2 rings (SSSR count). The van der Waals surface area contributed by atoms with Gasteiger partial charge in [0.1, 0.15) is 11.4 Å². The van der Waals surface area contributed by atoms with Crippen LogP contribution in [-0.2, 0) is 0 Å². The zero-order valence-electron chi connectivity index (χ0n) is 8.68. The third-order valence-electron chi connectivity index (χ3n) is 2.10. The van der Waals surface area contributed by atoms with Gasteiger partial charge in [0, 0.05) is 0 Å². The molecule has 7 nitrogen and oxygen atoms in total. The molecule has 0 amide bonds. The van der Waals surface area contributed by atoms with Crippen molar-refractivity contribution >= 4 is 11.4 Å². The molecule has 6 N–H and O–H groups in total. The average Bonchev–Trinajstić information content (AvgIpc) is 2.31. The number of nitrogens with one attached hydrogen (secondary N) is 1. The molecule has 0 fully saturated rings. The summed E-state index contributed by atoms with van der Waals surface area (Å²) in [4.78, 5) is 17.3. The van der Waals surface area contributed by atoms with Gasteiger partial charge in [-0.25, -0.2) is 4.98 Å². The van der Waals surface area contributed by atoms with Crippen molar-refractivity contribution in [2.24, 2.45) is 0 Å². The number of nitrogens with zero attached hydrogens (tertiary/aromatic N) is 1. The van der Waals surface area contributed by atoms with Gasteiger partial charge in [0.05, 0.1) is 6.33 Å². The van der Waals surface area contributed by atoms with E-state index in [9.17, 15) is 9.90 Å². The number of nitrogens with two attached hydrogens (primary N) is 2. The van der Waals surface area contributed by atoms with Gasteiger partial charge >= 0.3 is 0 Å². The number of H-pyrrole nitrogens is 1. The van der Waals surface area contributed by atoms with E-state index in [1.807, 2.05) is 0 Å². The molecule has 1 aromatic carbocycles.